The first-order valence-electron chi connectivity index (χ1n) is 7.49. The summed E-state index contributed by atoms with van der Waals surface area (Å²) in [5.74, 6) is 1.43. The summed E-state index contributed by atoms with van der Waals surface area (Å²) in [7, 11) is 0. The molecule has 0 saturated heterocycles. The van der Waals surface area contributed by atoms with Gasteiger partial charge in [0.1, 0.15) is 6.33 Å². The third-order valence-corrected chi connectivity index (χ3v) is 4.34. The fourth-order valence-electron chi connectivity index (χ4n) is 2.28. The van der Waals surface area contributed by atoms with Crippen LogP contribution in [0.25, 0.3) is 17.0 Å². The minimum absolute atomic E-state index is 0.662. The zero-order valence-corrected chi connectivity index (χ0v) is 13.6. The Hall–Kier alpha value is -2.86. The van der Waals surface area contributed by atoms with Gasteiger partial charge in [0.25, 0.3) is 0 Å². The second kappa shape index (κ2) is 6.72. The molecule has 0 atom stereocenters. The molecule has 2 heterocycles. The number of hydrogen-bond donors (Lipinski definition) is 0. The van der Waals surface area contributed by atoms with Gasteiger partial charge in [-0.2, -0.15) is 0 Å². The van der Waals surface area contributed by atoms with E-state index in [1.165, 1.54) is 11.8 Å². The molecule has 2 aromatic carbocycles. The first kappa shape index (κ1) is 14.7. The van der Waals surface area contributed by atoms with Crippen molar-refractivity contribution in [2.24, 2.45) is 0 Å². The molecule has 4 aromatic rings. The number of para-hydroxylation sites is 1. The van der Waals surface area contributed by atoms with Crippen molar-refractivity contribution in [3.05, 3.63) is 78.8 Å². The fraction of sp³-hybridized carbons (Fsp3) is 0.0556. The quantitative estimate of drug-likeness (QED) is 0.512. The Bertz CT molecular complexity index is 841. The van der Waals surface area contributed by atoms with Crippen LogP contribution in [0.3, 0.4) is 0 Å². The first-order valence-corrected chi connectivity index (χ1v) is 8.48. The second-order valence-electron chi connectivity index (χ2n) is 5.14. The minimum Gasteiger partial charge on any atom is -0.356 e. The molecule has 0 aliphatic heterocycles. The third-order valence-electron chi connectivity index (χ3n) is 3.46. The van der Waals surface area contributed by atoms with E-state index >= 15 is 0 Å². The lowest BCUT2D eigenvalue weighted by atomic mass is 10.2. The molecule has 0 unspecified atom stereocenters. The van der Waals surface area contributed by atoms with Crippen molar-refractivity contribution in [1.29, 1.82) is 0 Å². The third kappa shape index (κ3) is 3.23. The Kier molecular flexibility index (Phi) is 4.12. The first-order chi connectivity index (χ1) is 11.9. The Morgan fingerprint density at radius 2 is 1.71 bits per heavy atom. The van der Waals surface area contributed by atoms with E-state index in [1.807, 2.05) is 66.7 Å². The summed E-state index contributed by atoms with van der Waals surface area (Å²) >= 11 is 1.53. The van der Waals surface area contributed by atoms with E-state index in [1.54, 1.807) is 11.0 Å². The Balaban J connectivity index is 1.43. The van der Waals surface area contributed by atoms with Crippen molar-refractivity contribution in [2.45, 2.75) is 10.9 Å². The Morgan fingerprint density at radius 3 is 2.50 bits per heavy atom. The van der Waals surface area contributed by atoms with E-state index in [2.05, 4.69) is 15.2 Å². The molecule has 4 rings (SSSR count). The summed E-state index contributed by atoms with van der Waals surface area (Å²) in [6, 6.07) is 21.8. The molecule has 6 heteroatoms. The topological polar surface area (TPSA) is 56.7 Å². The summed E-state index contributed by atoms with van der Waals surface area (Å²) in [4.78, 5) is 4.33. The maximum Gasteiger partial charge on any atom is 0.209 e. The molecular formula is C18H14N4OS. The predicted molar refractivity (Wildman–Crippen MR) is 92.9 cm³/mol. The zero-order chi connectivity index (χ0) is 16.2. The largest absolute Gasteiger partial charge is 0.356 e. The van der Waals surface area contributed by atoms with E-state index in [9.17, 15) is 0 Å². The fourth-order valence-corrected chi connectivity index (χ4v) is 2.96. The summed E-state index contributed by atoms with van der Waals surface area (Å²) in [5, 5.41) is 9.30. The van der Waals surface area contributed by atoms with Crippen LogP contribution in [-0.2, 0) is 5.75 Å². The maximum atomic E-state index is 5.40. The highest BCUT2D eigenvalue weighted by molar-refractivity contribution is 7.98. The molecule has 0 radical (unpaired) electrons. The van der Waals surface area contributed by atoms with Gasteiger partial charge in [0.05, 0.1) is 11.4 Å². The van der Waals surface area contributed by atoms with Gasteiger partial charge in [-0.1, -0.05) is 65.4 Å². The number of nitrogens with zero attached hydrogens (tertiary/aromatic N) is 4. The maximum absolute atomic E-state index is 5.40. The van der Waals surface area contributed by atoms with Gasteiger partial charge >= 0.3 is 0 Å². The summed E-state index contributed by atoms with van der Waals surface area (Å²) in [6.07, 6.45) is 1.72. The highest BCUT2D eigenvalue weighted by Crippen LogP contribution is 2.24. The number of hydrogen-bond acceptors (Lipinski definition) is 5. The minimum atomic E-state index is 0.662. The highest BCUT2D eigenvalue weighted by Gasteiger charge is 2.09. The van der Waals surface area contributed by atoms with Crippen LogP contribution in [0.5, 0.6) is 0 Å². The number of thioether (sulfide) groups is 1. The van der Waals surface area contributed by atoms with Gasteiger partial charge < -0.3 is 4.52 Å². The average molecular weight is 334 g/mol. The van der Waals surface area contributed by atoms with Crippen LogP contribution in [0.2, 0.25) is 0 Å². The van der Waals surface area contributed by atoms with Crippen molar-refractivity contribution in [2.75, 3.05) is 0 Å². The standard InChI is InChI=1S/C18H14N4OS/c1-3-7-14(8-4-1)17-11-15(21-23-17)12-24-18-19-13-22(20-18)16-9-5-2-6-10-16/h1-11,13H,12H2. The SMILES string of the molecule is c1ccc(-c2cc(CSc3ncn(-c4ccccc4)n3)no2)cc1. The molecule has 5 nitrogen and oxygen atoms in total. The molecule has 0 aliphatic rings. The van der Waals surface area contributed by atoms with Crippen molar-refractivity contribution >= 4 is 11.8 Å². The number of rotatable bonds is 5. The molecule has 0 spiro atoms. The molecule has 0 aliphatic carbocycles. The molecule has 0 fully saturated rings. The zero-order valence-electron chi connectivity index (χ0n) is 12.7. The summed E-state index contributed by atoms with van der Waals surface area (Å²) in [6.45, 7) is 0. The number of aromatic nitrogens is 4. The Morgan fingerprint density at radius 1 is 0.958 bits per heavy atom. The second-order valence-corrected chi connectivity index (χ2v) is 6.09. The molecule has 2 aromatic heterocycles. The van der Waals surface area contributed by atoms with Gasteiger partial charge in [-0.25, -0.2) is 9.67 Å². The summed E-state index contributed by atoms with van der Waals surface area (Å²) in [5.41, 5.74) is 2.88. The van der Waals surface area contributed by atoms with Crippen molar-refractivity contribution in [3.8, 4) is 17.0 Å². The molecule has 24 heavy (non-hydrogen) atoms. The average Bonchev–Trinajstić information content (AvgIpc) is 3.31. The normalized spacial score (nSPS) is 10.8. The molecule has 118 valence electrons. The molecule has 0 saturated carbocycles. The van der Waals surface area contributed by atoms with Crippen LogP contribution < -0.4 is 0 Å². The lowest BCUT2D eigenvalue weighted by Crippen LogP contribution is -1.93. The van der Waals surface area contributed by atoms with E-state index in [0.29, 0.717) is 10.9 Å². The van der Waals surface area contributed by atoms with E-state index in [0.717, 1.165) is 22.7 Å². The molecule has 0 amide bonds. The molecule has 0 N–H and O–H groups in total. The van der Waals surface area contributed by atoms with Crippen molar-refractivity contribution < 1.29 is 4.52 Å². The van der Waals surface area contributed by atoms with Crippen LogP contribution in [-0.4, -0.2) is 19.9 Å². The van der Waals surface area contributed by atoms with Crippen LogP contribution in [0.4, 0.5) is 0 Å². The van der Waals surface area contributed by atoms with Crippen LogP contribution in [0, 0.1) is 0 Å². The molecule has 0 bridgehead atoms. The van der Waals surface area contributed by atoms with Gasteiger partial charge in [-0.15, -0.1) is 5.10 Å². The number of benzene rings is 2. The smallest absolute Gasteiger partial charge is 0.209 e. The van der Waals surface area contributed by atoms with Crippen LogP contribution in [0.15, 0.2) is 82.7 Å². The van der Waals surface area contributed by atoms with Gasteiger partial charge in [0, 0.05) is 17.4 Å². The lowest BCUT2D eigenvalue weighted by Gasteiger charge is -1.97. The summed E-state index contributed by atoms with van der Waals surface area (Å²) < 4.78 is 7.17. The Labute approximate surface area is 143 Å². The molecular weight excluding hydrogens is 320 g/mol. The van der Waals surface area contributed by atoms with Gasteiger partial charge in [-0.05, 0) is 12.1 Å². The lowest BCUT2D eigenvalue weighted by molar-refractivity contribution is 0.426. The monoisotopic (exact) mass is 334 g/mol. The van der Waals surface area contributed by atoms with E-state index < -0.39 is 0 Å². The van der Waals surface area contributed by atoms with Crippen molar-refractivity contribution in [3.63, 3.8) is 0 Å². The highest BCUT2D eigenvalue weighted by atomic mass is 32.2. The van der Waals surface area contributed by atoms with Crippen LogP contribution >= 0.6 is 11.8 Å². The van der Waals surface area contributed by atoms with Gasteiger partial charge in [0.2, 0.25) is 5.16 Å². The predicted octanol–water partition coefficient (Wildman–Crippen LogP) is 4.21. The van der Waals surface area contributed by atoms with E-state index in [-0.39, 0.29) is 0 Å². The van der Waals surface area contributed by atoms with Crippen LogP contribution in [0.1, 0.15) is 5.69 Å². The van der Waals surface area contributed by atoms with E-state index in [4.69, 9.17) is 4.52 Å². The van der Waals surface area contributed by atoms with Crippen molar-refractivity contribution in [1.82, 2.24) is 19.9 Å². The van der Waals surface area contributed by atoms with Gasteiger partial charge in [-0.3, -0.25) is 0 Å². The van der Waals surface area contributed by atoms with Gasteiger partial charge in [0.15, 0.2) is 5.76 Å².